The van der Waals surface area contributed by atoms with E-state index in [1.807, 2.05) is 23.9 Å². The van der Waals surface area contributed by atoms with Crippen molar-refractivity contribution < 1.29 is 18.7 Å². The van der Waals surface area contributed by atoms with Crippen LogP contribution in [0.4, 0.5) is 15.8 Å². The molecule has 5 rings (SSSR count). The van der Waals surface area contributed by atoms with Gasteiger partial charge < -0.3 is 25.1 Å². The first-order valence-corrected chi connectivity index (χ1v) is 10.5. The number of nitrogens with one attached hydrogen (secondary N) is 2. The van der Waals surface area contributed by atoms with Gasteiger partial charge in [-0.2, -0.15) is 5.10 Å². The van der Waals surface area contributed by atoms with Crippen molar-refractivity contribution in [2.24, 2.45) is 0 Å². The first-order valence-electron chi connectivity index (χ1n) is 10.5. The molecule has 0 aliphatic carbocycles. The molecule has 9 nitrogen and oxygen atoms in total. The third-order valence-electron chi connectivity index (χ3n) is 5.61. The van der Waals surface area contributed by atoms with Crippen LogP contribution in [0, 0.1) is 5.82 Å². The van der Waals surface area contributed by atoms with Gasteiger partial charge in [-0.05, 0) is 25.1 Å². The van der Waals surface area contributed by atoms with Crippen LogP contribution in [0.25, 0.3) is 22.0 Å². The topological polar surface area (TPSA) is 108 Å². The monoisotopic (exact) mass is 438 g/mol. The fraction of sp³-hybridized carbons (Fsp3) is 0.318. The molecule has 1 aliphatic heterocycles. The number of halogens is 1. The number of oxazole rings is 1. The highest BCUT2D eigenvalue weighted by Crippen LogP contribution is 2.30. The van der Waals surface area contributed by atoms with Gasteiger partial charge in [0.15, 0.2) is 11.4 Å². The number of rotatable bonds is 5. The van der Waals surface area contributed by atoms with E-state index in [-0.39, 0.29) is 22.7 Å². The Hall–Kier alpha value is -3.50. The van der Waals surface area contributed by atoms with Crippen LogP contribution in [0.2, 0.25) is 0 Å². The van der Waals surface area contributed by atoms with Gasteiger partial charge in [0.2, 0.25) is 5.89 Å². The van der Waals surface area contributed by atoms with Gasteiger partial charge in [0, 0.05) is 61.7 Å². The number of carbonyl (C=O) groups is 1. The first-order chi connectivity index (χ1) is 15.6. The van der Waals surface area contributed by atoms with E-state index in [1.54, 1.807) is 6.07 Å². The Morgan fingerprint density at radius 1 is 1.28 bits per heavy atom. The summed E-state index contributed by atoms with van der Waals surface area (Å²) in [6.07, 6.45) is 1.96. The van der Waals surface area contributed by atoms with Crippen molar-refractivity contribution in [1.82, 2.24) is 20.1 Å². The molecule has 2 aromatic carbocycles. The SMILES string of the molecule is CCn1cc2c(N3CCNCC3)ccc(C(=O)Nc3cc(F)c4nc(CO)oc4c3)c2n1. The number of aryl methyl sites for hydroxylation is 1. The molecule has 32 heavy (non-hydrogen) atoms. The highest BCUT2D eigenvalue weighted by atomic mass is 19.1. The van der Waals surface area contributed by atoms with E-state index in [0.717, 1.165) is 37.3 Å². The number of hydrogen-bond acceptors (Lipinski definition) is 7. The molecular formula is C22H23FN6O3. The summed E-state index contributed by atoms with van der Waals surface area (Å²) in [5, 5.41) is 20.8. The van der Waals surface area contributed by atoms with E-state index in [2.05, 4.69) is 25.6 Å². The number of anilines is 2. The quantitative estimate of drug-likeness (QED) is 0.439. The first kappa shape index (κ1) is 20.4. The van der Waals surface area contributed by atoms with Crippen LogP contribution in [-0.2, 0) is 13.2 Å². The number of aromatic nitrogens is 3. The normalized spacial score (nSPS) is 14.4. The summed E-state index contributed by atoms with van der Waals surface area (Å²) in [6.45, 7) is 5.80. The summed E-state index contributed by atoms with van der Waals surface area (Å²) < 4.78 is 21.6. The van der Waals surface area contributed by atoms with Crippen LogP contribution in [0.5, 0.6) is 0 Å². The zero-order chi connectivity index (χ0) is 22.2. The van der Waals surface area contributed by atoms with Crippen molar-refractivity contribution in [3.63, 3.8) is 0 Å². The Kier molecular flexibility index (Phi) is 5.24. The molecule has 3 heterocycles. The van der Waals surface area contributed by atoms with E-state index in [4.69, 9.17) is 9.52 Å². The van der Waals surface area contributed by atoms with Crippen LogP contribution >= 0.6 is 0 Å². The van der Waals surface area contributed by atoms with Crippen LogP contribution in [0.3, 0.4) is 0 Å². The minimum Gasteiger partial charge on any atom is -0.438 e. The Bertz CT molecular complexity index is 1310. The van der Waals surface area contributed by atoms with E-state index in [0.29, 0.717) is 17.6 Å². The second-order valence-corrected chi connectivity index (χ2v) is 7.64. The number of carbonyl (C=O) groups excluding carboxylic acids is 1. The average molecular weight is 438 g/mol. The van der Waals surface area contributed by atoms with Gasteiger partial charge in [-0.25, -0.2) is 9.37 Å². The molecule has 166 valence electrons. The molecule has 0 unspecified atom stereocenters. The molecule has 0 atom stereocenters. The maximum absolute atomic E-state index is 14.4. The second kappa shape index (κ2) is 8.21. The summed E-state index contributed by atoms with van der Waals surface area (Å²) in [5.41, 5.74) is 2.44. The van der Waals surface area contributed by atoms with Gasteiger partial charge in [-0.1, -0.05) is 0 Å². The van der Waals surface area contributed by atoms with Crippen molar-refractivity contribution in [2.45, 2.75) is 20.1 Å². The number of hydrogen-bond donors (Lipinski definition) is 3. The molecule has 4 aromatic rings. The lowest BCUT2D eigenvalue weighted by Crippen LogP contribution is -2.43. The van der Waals surface area contributed by atoms with Crippen molar-refractivity contribution >= 4 is 39.3 Å². The molecule has 1 saturated heterocycles. The van der Waals surface area contributed by atoms with Gasteiger partial charge >= 0.3 is 0 Å². The number of nitrogens with zero attached hydrogens (tertiary/aromatic N) is 4. The fourth-order valence-corrected chi connectivity index (χ4v) is 4.04. The molecule has 0 radical (unpaired) electrons. The number of piperazine rings is 1. The van der Waals surface area contributed by atoms with E-state index in [9.17, 15) is 9.18 Å². The highest BCUT2D eigenvalue weighted by Gasteiger charge is 2.21. The van der Waals surface area contributed by atoms with Crippen molar-refractivity contribution in [2.75, 3.05) is 36.4 Å². The van der Waals surface area contributed by atoms with E-state index < -0.39 is 18.3 Å². The van der Waals surface area contributed by atoms with Crippen molar-refractivity contribution in [3.05, 3.63) is 47.7 Å². The molecule has 1 fully saturated rings. The number of fused-ring (bicyclic) bond motifs is 2. The predicted molar refractivity (Wildman–Crippen MR) is 118 cm³/mol. The molecule has 3 N–H and O–H groups in total. The van der Waals surface area contributed by atoms with Gasteiger partial charge in [-0.15, -0.1) is 0 Å². The molecule has 1 amide bonds. The zero-order valence-electron chi connectivity index (χ0n) is 17.6. The third-order valence-corrected chi connectivity index (χ3v) is 5.61. The van der Waals surface area contributed by atoms with E-state index >= 15 is 0 Å². The molecule has 10 heteroatoms. The zero-order valence-corrected chi connectivity index (χ0v) is 17.6. The average Bonchev–Trinajstić information content (AvgIpc) is 3.43. The van der Waals surface area contributed by atoms with Crippen LogP contribution in [0.1, 0.15) is 23.2 Å². The Morgan fingerprint density at radius 2 is 2.09 bits per heavy atom. The molecule has 0 bridgehead atoms. The van der Waals surface area contributed by atoms with E-state index in [1.165, 1.54) is 12.1 Å². The second-order valence-electron chi connectivity index (χ2n) is 7.64. The maximum atomic E-state index is 14.4. The maximum Gasteiger partial charge on any atom is 0.257 e. The summed E-state index contributed by atoms with van der Waals surface area (Å²) in [4.78, 5) is 19.3. The molecular weight excluding hydrogens is 415 g/mol. The molecule has 2 aromatic heterocycles. The van der Waals surface area contributed by atoms with Crippen LogP contribution in [0.15, 0.2) is 34.9 Å². The van der Waals surface area contributed by atoms with Crippen LogP contribution in [-0.4, -0.2) is 52.0 Å². The highest BCUT2D eigenvalue weighted by molar-refractivity contribution is 6.14. The number of aliphatic hydroxyl groups excluding tert-OH is 1. The lowest BCUT2D eigenvalue weighted by atomic mass is 10.1. The van der Waals surface area contributed by atoms with Crippen molar-refractivity contribution in [1.29, 1.82) is 0 Å². The van der Waals surface area contributed by atoms with Crippen molar-refractivity contribution in [3.8, 4) is 0 Å². The summed E-state index contributed by atoms with van der Waals surface area (Å²) in [7, 11) is 0. The van der Waals surface area contributed by atoms with Gasteiger partial charge in [0.1, 0.15) is 17.6 Å². The Balaban J connectivity index is 1.51. The minimum atomic E-state index is -0.643. The predicted octanol–water partition coefficient (Wildman–Crippen LogP) is 2.49. The number of amides is 1. The molecule has 0 spiro atoms. The Morgan fingerprint density at radius 3 is 2.84 bits per heavy atom. The van der Waals surface area contributed by atoms with Crippen LogP contribution < -0.4 is 15.5 Å². The number of benzene rings is 2. The lowest BCUT2D eigenvalue weighted by molar-refractivity contribution is 0.102. The van der Waals surface area contributed by atoms with Gasteiger partial charge in [0.05, 0.1) is 5.56 Å². The van der Waals surface area contributed by atoms with Gasteiger partial charge in [-0.3, -0.25) is 9.48 Å². The fourth-order valence-electron chi connectivity index (χ4n) is 4.04. The third kappa shape index (κ3) is 3.57. The van der Waals surface area contributed by atoms with Gasteiger partial charge in [0.25, 0.3) is 5.91 Å². The largest absolute Gasteiger partial charge is 0.438 e. The Labute approximate surface area is 182 Å². The lowest BCUT2D eigenvalue weighted by Gasteiger charge is -2.30. The molecule has 0 saturated carbocycles. The molecule has 1 aliphatic rings. The summed E-state index contributed by atoms with van der Waals surface area (Å²) in [6, 6.07) is 6.37. The standard InChI is InChI=1S/C22H23FN6O3/c1-2-29-11-15-17(28-7-5-24-6-8-28)4-3-14(20(15)27-29)22(31)25-13-9-16(23)21-18(10-13)32-19(12-30)26-21/h3-4,9-11,24,30H,2,5-8,12H2,1H3,(H,25,31). The summed E-state index contributed by atoms with van der Waals surface area (Å²) in [5.74, 6) is -1.03. The number of aliphatic hydroxyl groups is 1. The smallest absolute Gasteiger partial charge is 0.257 e. The minimum absolute atomic E-state index is 0.0107. The summed E-state index contributed by atoms with van der Waals surface area (Å²) >= 11 is 0.